The summed E-state index contributed by atoms with van der Waals surface area (Å²) in [7, 11) is -3.33. The molecule has 0 aliphatic carbocycles. The largest absolute Gasteiger partial charge is 0.345 e. The number of hydrogen-bond donors (Lipinski definition) is 2. The Morgan fingerprint density at radius 1 is 1.11 bits per heavy atom. The molecule has 7 heteroatoms. The lowest BCUT2D eigenvalue weighted by Crippen LogP contribution is -2.30. The maximum Gasteiger partial charge on any atom is 0.220 e. The predicted octanol–water partition coefficient (Wildman–Crippen LogP) is 3.15. The summed E-state index contributed by atoms with van der Waals surface area (Å²) < 4.78 is 23.8. The maximum atomic E-state index is 12.4. The Bertz CT molecular complexity index is 865. The molecule has 0 saturated heterocycles. The highest BCUT2D eigenvalue weighted by Gasteiger charge is 2.19. The van der Waals surface area contributed by atoms with E-state index in [-0.39, 0.29) is 29.3 Å². The molecule has 5 nitrogen and oxygen atoms in total. The van der Waals surface area contributed by atoms with Crippen LogP contribution in [0.5, 0.6) is 0 Å². The summed E-state index contributed by atoms with van der Waals surface area (Å²) in [6, 6.07) is 14.1. The van der Waals surface area contributed by atoms with Crippen LogP contribution in [0.15, 0.2) is 53.4 Å². The molecule has 2 unspecified atom stereocenters. The Labute approximate surface area is 167 Å². The van der Waals surface area contributed by atoms with Gasteiger partial charge in [0, 0.05) is 18.7 Å². The van der Waals surface area contributed by atoms with Crippen molar-refractivity contribution in [1.82, 2.24) is 5.32 Å². The molecule has 0 aliphatic rings. The van der Waals surface area contributed by atoms with Gasteiger partial charge in [0.2, 0.25) is 5.91 Å². The average Bonchev–Trinajstić information content (AvgIpc) is 2.58. The number of aryl methyl sites for hydroxylation is 1. The van der Waals surface area contributed by atoms with E-state index in [0.717, 1.165) is 16.7 Å². The molecule has 2 aromatic rings. The summed E-state index contributed by atoms with van der Waals surface area (Å²) in [5, 5.41) is 3.01. The van der Waals surface area contributed by atoms with Crippen molar-refractivity contribution in [3.05, 3.63) is 65.2 Å². The highest BCUT2D eigenvalue weighted by molar-refractivity contribution is 7.90. The van der Waals surface area contributed by atoms with Gasteiger partial charge in [-0.2, -0.15) is 0 Å². The first kappa shape index (κ1) is 23.1. The number of hydrogen-bond acceptors (Lipinski definition) is 4. The Hall–Kier alpha value is -1.89. The zero-order chi connectivity index (χ0) is 19.3. The molecule has 0 aliphatic heterocycles. The van der Waals surface area contributed by atoms with Crippen LogP contribution in [0.3, 0.4) is 0 Å². The summed E-state index contributed by atoms with van der Waals surface area (Å²) in [5.41, 5.74) is 8.47. The Balaban J connectivity index is 0.00000364. The second kappa shape index (κ2) is 9.88. The van der Waals surface area contributed by atoms with Crippen molar-refractivity contribution < 1.29 is 13.2 Å². The number of nitrogens with one attached hydrogen (secondary N) is 1. The van der Waals surface area contributed by atoms with Crippen molar-refractivity contribution in [2.24, 2.45) is 5.73 Å². The first-order valence-corrected chi connectivity index (χ1v) is 10.5. The van der Waals surface area contributed by atoms with Gasteiger partial charge in [0.1, 0.15) is 0 Å². The summed E-state index contributed by atoms with van der Waals surface area (Å²) in [5.74, 6) is -0.113. The molecule has 3 N–H and O–H groups in total. The first-order valence-electron chi connectivity index (χ1n) is 8.58. The average molecular weight is 411 g/mol. The van der Waals surface area contributed by atoms with Crippen molar-refractivity contribution in [2.45, 2.75) is 43.7 Å². The van der Waals surface area contributed by atoms with Gasteiger partial charge in [0.25, 0.3) is 0 Å². The van der Waals surface area contributed by atoms with Gasteiger partial charge in [0.15, 0.2) is 9.84 Å². The van der Waals surface area contributed by atoms with Crippen LogP contribution < -0.4 is 11.1 Å². The second-order valence-electron chi connectivity index (χ2n) is 6.77. The summed E-state index contributed by atoms with van der Waals surface area (Å²) in [6.07, 6.45) is 2.09. The molecule has 0 fully saturated rings. The third-order valence-electron chi connectivity index (χ3n) is 4.16. The van der Waals surface area contributed by atoms with Crippen LogP contribution in [0.4, 0.5) is 0 Å². The van der Waals surface area contributed by atoms with E-state index in [9.17, 15) is 13.2 Å². The fourth-order valence-electron chi connectivity index (χ4n) is 2.63. The van der Waals surface area contributed by atoms with Gasteiger partial charge >= 0.3 is 0 Å². The molecule has 0 heterocycles. The molecule has 0 saturated carbocycles. The van der Waals surface area contributed by atoms with Crippen LogP contribution in [0, 0.1) is 6.92 Å². The van der Waals surface area contributed by atoms with Gasteiger partial charge in [-0.05, 0) is 43.5 Å². The topological polar surface area (TPSA) is 89.3 Å². The van der Waals surface area contributed by atoms with E-state index < -0.39 is 15.9 Å². The maximum absolute atomic E-state index is 12.4. The molecular weight excluding hydrogens is 384 g/mol. The van der Waals surface area contributed by atoms with Crippen molar-refractivity contribution in [3.63, 3.8) is 0 Å². The molecule has 2 rings (SSSR count). The minimum absolute atomic E-state index is 0. The van der Waals surface area contributed by atoms with Crippen LogP contribution in [-0.4, -0.2) is 26.6 Å². The SMILES string of the molecule is Cc1ccc(C(NC(=O)CCC(C)N)c2cccc(S(C)(=O)=O)c2)cc1.Cl. The molecule has 1 amide bonds. The van der Waals surface area contributed by atoms with Crippen LogP contribution in [-0.2, 0) is 14.6 Å². The summed E-state index contributed by atoms with van der Waals surface area (Å²) in [6.45, 7) is 3.85. The van der Waals surface area contributed by atoms with E-state index >= 15 is 0 Å². The van der Waals surface area contributed by atoms with E-state index in [2.05, 4.69) is 5.32 Å². The van der Waals surface area contributed by atoms with Crippen LogP contribution in [0.25, 0.3) is 0 Å². The first-order chi connectivity index (χ1) is 12.2. The monoisotopic (exact) mass is 410 g/mol. The molecular formula is C20H27ClN2O3S. The molecule has 148 valence electrons. The van der Waals surface area contributed by atoms with Crippen molar-refractivity contribution in [3.8, 4) is 0 Å². The Kier molecular flexibility index (Phi) is 8.47. The minimum atomic E-state index is -3.33. The standard InChI is InChI=1S/C20H26N2O3S.ClH/c1-14-7-10-16(11-8-14)20(22-19(23)12-9-15(2)21)17-5-4-6-18(13-17)26(3,24)25;/h4-8,10-11,13,15,20H,9,12,21H2,1-3H3,(H,22,23);1H. The highest BCUT2D eigenvalue weighted by Crippen LogP contribution is 2.25. The fourth-order valence-corrected chi connectivity index (χ4v) is 3.31. The fraction of sp³-hybridized carbons (Fsp3) is 0.350. The van der Waals surface area contributed by atoms with Gasteiger partial charge < -0.3 is 11.1 Å². The zero-order valence-corrected chi connectivity index (χ0v) is 17.4. The number of sulfone groups is 1. The number of nitrogens with two attached hydrogens (primary N) is 1. The van der Waals surface area contributed by atoms with Crippen molar-refractivity contribution in [2.75, 3.05) is 6.26 Å². The van der Waals surface area contributed by atoms with Gasteiger partial charge in [-0.3, -0.25) is 4.79 Å². The van der Waals surface area contributed by atoms with Gasteiger partial charge in [-0.25, -0.2) is 8.42 Å². The molecule has 0 spiro atoms. The molecule has 2 aromatic carbocycles. The van der Waals surface area contributed by atoms with Crippen molar-refractivity contribution >= 4 is 28.2 Å². The number of carbonyl (C=O) groups is 1. The second-order valence-corrected chi connectivity index (χ2v) is 8.79. The lowest BCUT2D eigenvalue weighted by molar-refractivity contribution is -0.121. The quantitative estimate of drug-likeness (QED) is 0.733. The van der Waals surface area contributed by atoms with Crippen LogP contribution >= 0.6 is 12.4 Å². The van der Waals surface area contributed by atoms with Crippen LogP contribution in [0.2, 0.25) is 0 Å². The smallest absolute Gasteiger partial charge is 0.220 e. The Morgan fingerprint density at radius 3 is 2.30 bits per heavy atom. The van der Waals surface area contributed by atoms with Crippen molar-refractivity contribution in [1.29, 1.82) is 0 Å². The molecule has 0 aromatic heterocycles. The number of rotatable bonds is 7. The van der Waals surface area contributed by atoms with Gasteiger partial charge in [0.05, 0.1) is 10.9 Å². The molecule has 0 radical (unpaired) electrons. The molecule has 0 bridgehead atoms. The lowest BCUT2D eigenvalue weighted by Gasteiger charge is -2.21. The number of carbonyl (C=O) groups excluding carboxylic acids is 1. The lowest BCUT2D eigenvalue weighted by atomic mass is 9.97. The molecule has 2 atom stereocenters. The van der Waals surface area contributed by atoms with E-state index in [1.165, 1.54) is 6.26 Å². The predicted molar refractivity (Wildman–Crippen MR) is 111 cm³/mol. The van der Waals surface area contributed by atoms with E-state index in [1.54, 1.807) is 18.2 Å². The molecule has 27 heavy (non-hydrogen) atoms. The summed E-state index contributed by atoms with van der Waals surface area (Å²) >= 11 is 0. The van der Waals surface area contributed by atoms with E-state index in [0.29, 0.717) is 12.8 Å². The number of amides is 1. The zero-order valence-electron chi connectivity index (χ0n) is 15.8. The Morgan fingerprint density at radius 2 is 1.74 bits per heavy atom. The van der Waals surface area contributed by atoms with E-state index in [4.69, 9.17) is 5.73 Å². The number of benzene rings is 2. The van der Waals surface area contributed by atoms with Crippen LogP contribution in [0.1, 0.15) is 42.5 Å². The van der Waals surface area contributed by atoms with E-state index in [1.807, 2.05) is 44.2 Å². The third-order valence-corrected chi connectivity index (χ3v) is 5.27. The third kappa shape index (κ3) is 6.97. The minimum Gasteiger partial charge on any atom is -0.345 e. The van der Waals surface area contributed by atoms with Gasteiger partial charge in [-0.1, -0.05) is 42.0 Å². The highest BCUT2D eigenvalue weighted by atomic mass is 35.5. The summed E-state index contributed by atoms with van der Waals surface area (Å²) in [4.78, 5) is 12.6. The normalized spacial score (nSPS) is 13.3. The number of halogens is 1. The van der Waals surface area contributed by atoms with Gasteiger partial charge in [-0.15, -0.1) is 12.4 Å².